The van der Waals surface area contributed by atoms with E-state index in [0.29, 0.717) is 25.7 Å². The van der Waals surface area contributed by atoms with E-state index in [9.17, 15) is 29.8 Å². The number of aliphatic carboxylic acids is 1. The van der Waals surface area contributed by atoms with Crippen LogP contribution in [0, 0.1) is 15.7 Å². The molecule has 2 unspecified atom stereocenters. The molecule has 2 aliphatic rings. The molecule has 0 fully saturated rings. The minimum atomic E-state index is -0.791. The molecule has 2 atom stereocenters. The summed E-state index contributed by atoms with van der Waals surface area (Å²) in [5.74, 6) is -1.42. The van der Waals surface area contributed by atoms with Gasteiger partial charge in [0.15, 0.2) is 0 Å². The van der Waals surface area contributed by atoms with Crippen LogP contribution in [0.1, 0.15) is 92.9 Å². The smallest absolute Gasteiger partial charge is 0.309 e. The second kappa shape index (κ2) is 14.9. The summed E-state index contributed by atoms with van der Waals surface area (Å²) in [7, 11) is 0. The summed E-state index contributed by atoms with van der Waals surface area (Å²) in [4.78, 5) is 33.2. The van der Waals surface area contributed by atoms with Crippen molar-refractivity contribution in [1.29, 1.82) is 0 Å². The first-order valence-electron chi connectivity index (χ1n) is 13.4. The highest BCUT2D eigenvalue weighted by atomic mass is 16.4. The minimum Gasteiger partial charge on any atom is -0.481 e. The number of allylic oxidation sites excluding steroid dienone is 4. The SMILES string of the molecule is CC.CC(C)(CCCCC1=CC=C(/C=C\C2=CC=C(CCCCC(C)(C)C(=O)N=O)C2O)C1O)C(=O)O. The van der Waals surface area contributed by atoms with E-state index in [0.717, 1.165) is 48.0 Å². The second-order valence-corrected chi connectivity index (χ2v) is 10.8. The van der Waals surface area contributed by atoms with Crippen LogP contribution in [-0.4, -0.2) is 39.4 Å². The highest BCUT2D eigenvalue weighted by Crippen LogP contribution is 2.31. The largest absolute Gasteiger partial charge is 0.481 e. The summed E-state index contributed by atoms with van der Waals surface area (Å²) in [6, 6.07) is 0. The standard InChI is InChI=1S/C28H39NO6.C2H6/c1-27(2,25(32)29-35)17-7-5-9-19-11-13-21(23(19)30)15-16-22-14-12-20(24(22)31)10-6-8-18-28(3,4)26(33)34;1-2/h11-16,23-24,30-31H,5-10,17-18H2,1-4H3,(H,33,34);1-2H3/b16-15-;. The third-order valence-corrected chi connectivity index (χ3v) is 7.06. The van der Waals surface area contributed by atoms with Gasteiger partial charge < -0.3 is 15.3 Å². The average molecular weight is 516 g/mol. The fourth-order valence-electron chi connectivity index (χ4n) is 4.25. The van der Waals surface area contributed by atoms with Gasteiger partial charge >= 0.3 is 5.97 Å². The Bertz CT molecular complexity index is 965. The molecule has 0 saturated heterocycles. The molecule has 3 N–H and O–H groups in total. The van der Waals surface area contributed by atoms with Crippen LogP contribution in [-0.2, 0) is 9.59 Å². The third-order valence-electron chi connectivity index (χ3n) is 7.06. The van der Waals surface area contributed by atoms with Gasteiger partial charge in [-0.25, -0.2) is 0 Å². The Balaban J connectivity index is 0.00000334. The summed E-state index contributed by atoms with van der Waals surface area (Å²) in [6.07, 6.45) is 15.6. The lowest BCUT2D eigenvalue weighted by Crippen LogP contribution is -2.23. The van der Waals surface area contributed by atoms with E-state index >= 15 is 0 Å². The van der Waals surface area contributed by atoms with Crippen LogP contribution in [0.5, 0.6) is 0 Å². The molecule has 2 aliphatic carbocycles. The number of unbranched alkanes of at least 4 members (excludes halogenated alkanes) is 2. The molecule has 0 radical (unpaired) electrons. The van der Waals surface area contributed by atoms with Crippen LogP contribution in [0.4, 0.5) is 0 Å². The number of carboxylic acids is 1. The number of nitroso groups, excluding NO2 is 1. The van der Waals surface area contributed by atoms with Gasteiger partial charge in [-0.2, -0.15) is 0 Å². The van der Waals surface area contributed by atoms with Gasteiger partial charge in [0.05, 0.1) is 5.41 Å². The average Bonchev–Trinajstić information content (AvgIpc) is 3.40. The van der Waals surface area contributed by atoms with Crippen LogP contribution >= 0.6 is 0 Å². The number of hydrogen-bond donors (Lipinski definition) is 3. The molecule has 0 aliphatic heterocycles. The third kappa shape index (κ3) is 9.63. The summed E-state index contributed by atoms with van der Waals surface area (Å²) in [5.41, 5.74) is 1.87. The molecule has 0 saturated carbocycles. The van der Waals surface area contributed by atoms with Crippen molar-refractivity contribution in [1.82, 2.24) is 0 Å². The topological polar surface area (TPSA) is 124 Å². The quantitative estimate of drug-likeness (QED) is 0.177. The fraction of sp³-hybridized carbons (Fsp3) is 0.600. The molecule has 0 aromatic heterocycles. The van der Waals surface area contributed by atoms with Crippen molar-refractivity contribution in [3.05, 3.63) is 63.7 Å². The van der Waals surface area contributed by atoms with Crippen molar-refractivity contribution >= 4 is 11.9 Å². The summed E-state index contributed by atoms with van der Waals surface area (Å²) in [6.45, 7) is 10.9. The predicted octanol–water partition coefficient (Wildman–Crippen LogP) is 6.57. The number of carboxylic acid groups (broad SMARTS) is 1. The Morgan fingerprint density at radius 1 is 0.784 bits per heavy atom. The lowest BCUT2D eigenvalue weighted by Gasteiger charge is -2.19. The maximum atomic E-state index is 11.5. The van der Waals surface area contributed by atoms with Crippen molar-refractivity contribution in [3.63, 3.8) is 0 Å². The van der Waals surface area contributed by atoms with E-state index in [1.807, 2.05) is 50.3 Å². The van der Waals surface area contributed by atoms with Crippen LogP contribution in [0.25, 0.3) is 0 Å². The molecule has 0 aromatic carbocycles. The van der Waals surface area contributed by atoms with E-state index in [-0.39, 0.29) is 0 Å². The zero-order valence-corrected chi connectivity index (χ0v) is 23.3. The van der Waals surface area contributed by atoms with Gasteiger partial charge in [-0.15, -0.1) is 4.91 Å². The summed E-state index contributed by atoms with van der Waals surface area (Å²) in [5, 5.41) is 33.0. The maximum absolute atomic E-state index is 11.5. The lowest BCUT2D eigenvalue weighted by molar-refractivity contribution is -0.147. The van der Waals surface area contributed by atoms with E-state index < -0.39 is 34.9 Å². The van der Waals surface area contributed by atoms with Crippen LogP contribution in [0.3, 0.4) is 0 Å². The van der Waals surface area contributed by atoms with Gasteiger partial charge in [0.1, 0.15) is 12.2 Å². The van der Waals surface area contributed by atoms with E-state index in [4.69, 9.17) is 0 Å². The van der Waals surface area contributed by atoms with Gasteiger partial charge in [-0.05, 0) is 74.7 Å². The number of hydrogen-bond acceptors (Lipinski definition) is 5. The molecular formula is C30H45NO6. The fourth-order valence-corrected chi connectivity index (χ4v) is 4.25. The molecule has 0 heterocycles. The Kier molecular flexibility index (Phi) is 13.1. The van der Waals surface area contributed by atoms with Gasteiger partial charge in [-0.1, -0.05) is 77.0 Å². The number of carbonyl (C=O) groups is 2. The molecule has 2 rings (SSSR count). The number of nitrogens with zero attached hydrogens (tertiary/aromatic N) is 1. The van der Waals surface area contributed by atoms with E-state index in [2.05, 4.69) is 5.18 Å². The zero-order valence-electron chi connectivity index (χ0n) is 23.3. The van der Waals surface area contributed by atoms with E-state index in [1.165, 1.54) is 0 Å². The normalized spacial score (nSPS) is 19.6. The molecular weight excluding hydrogens is 470 g/mol. The van der Waals surface area contributed by atoms with Crippen LogP contribution < -0.4 is 0 Å². The van der Waals surface area contributed by atoms with Gasteiger partial charge in [-0.3, -0.25) is 9.59 Å². The highest BCUT2D eigenvalue weighted by Gasteiger charge is 2.28. The molecule has 0 aromatic rings. The van der Waals surface area contributed by atoms with Crippen molar-refractivity contribution in [2.75, 3.05) is 0 Å². The number of carbonyl (C=O) groups excluding carboxylic acids is 1. The monoisotopic (exact) mass is 515 g/mol. The Labute approximate surface area is 221 Å². The molecule has 0 spiro atoms. The number of amides is 1. The summed E-state index contributed by atoms with van der Waals surface area (Å²) >= 11 is 0. The Hall–Kier alpha value is -2.64. The first-order valence-corrected chi connectivity index (χ1v) is 13.4. The van der Waals surface area contributed by atoms with Crippen molar-refractivity contribution in [2.24, 2.45) is 16.0 Å². The molecule has 7 heteroatoms. The van der Waals surface area contributed by atoms with E-state index in [1.54, 1.807) is 27.7 Å². The maximum Gasteiger partial charge on any atom is 0.309 e. The zero-order chi connectivity index (χ0) is 28.2. The Morgan fingerprint density at radius 3 is 1.57 bits per heavy atom. The van der Waals surface area contributed by atoms with Gasteiger partial charge in [0, 0.05) is 10.6 Å². The van der Waals surface area contributed by atoms with Crippen molar-refractivity contribution in [3.8, 4) is 0 Å². The first-order chi connectivity index (χ1) is 17.4. The first kappa shape index (κ1) is 32.4. The number of aliphatic hydroxyl groups is 2. The van der Waals surface area contributed by atoms with Gasteiger partial charge in [0.25, 0.3) is 5.91 Å². The Morgan fingerprint density at radius 2 is 1.19 bits per heavy atom. The van der Waals surface area contributed by atoms with Crippen molar-refractivity contribution in [2.45, 2.75) is 105 Å². The molecule has 37 heavy (non-hydrogen) atoms. The minimum absolute atomic E-state index is 0.569. The molecule has 1 amide bonds. The predicted molar refractivity (Wildman–Crippen MR) is 148 cm³/mol. The number of aliphatic hydroxyl groups excluding tert-OH is 2. The molecule has 7 nitrogen and oxygen atoms in total. The highest BCUT2D eigenvalue weighted by molar-refractivity contribution is 5.82. The molecule has 0 bridgehead atoms. The van der Waals surface area contributed by atoms with Crippen molar-refractivity contribution < 1.29 is 24.9 Å². The van der Waals surface area contributed by atoms with Gasteiger partial charge in [0.2, 0.25) is 0 Å². The van der Waals surface area contributed by atoms with Crippen LogP contribution in [0.2, 0.25) is 0 Å². The van der Waals surface area contributed by atoms with Crippen LogP contribution in [0.15, 0.2) is 63.9 Å². The summed E-state index contributed by atoms with van der Waals surface area (Å²) < 4.78 is 0. The number of rotatable bonds is 14. The molecule has 206 valence electrons. The lowest BCUT2D eigenvalue weighted by atomic mass is 9.86. The second-order valence-electron chi connectivity index (χ2n) is 10.8.